The van der Waals surface area contributed by atoms with Crippen molar-refractivity contribution in [1.82, 2.24) is 5.32 Å². The van der Waals surface area contributed by atoms with Gasteiger partial charge in [-0.05, 0) is 25.3 Å². The largest absolute Gasteiger partial charge is 0.480 e. The van der Waals surface area contributed by atoms with E-state index in [1.807, 2.05) is 0 Å². The summed E-state index contributed by atoms with van der Waals surface area (Å²) in [5.41, 5.74) is -0.0535. The normalized spacial score (nSPS) is 11.5. The van der Waals surface area contributed by atoms with Gasteiger partial charge in [-0.3, -0.25) is 14.9 Å². The van der Waals surface area contributed by atoms with Crippen LogP contribution in [0.4, 0.5) is 5.69 Å². The number of nitrogens with zero attached hydrogens (tertiary/aromatic N) is 1. The molecular formula is C14H16N2O5. The molecule has 0 saturated heterocycles. The first-order chi connectivity index (χ1) is 9.88. The summed E-state index contributed by atoms with van der Waals surface area (Å²) < 4.78 is 0. The Labute approximate surface area is 121 Å². The van der Waals surface area contributed by atoms with E-state index in [-0.39, 0.29) is 17.7 Å². The average molecular weight is 292 g/mol. The molecule has 1 rings (SSSR count). The fraction of sp³-hybridized carbons (Fsp3) is 0.286. The van der Waals surface area contributed by atoms with Gasteiger partial charge in [-0.25, -0.2) is 4.79 Å². The third-order valence-electron chi connectivity index (χ3n) is 2.94. The molecule has 0 aliphatic heterocycles. The number of aliphatic carboxylic acids is 1. The Balaban J connectivity index is 3.05. The fourth-order valence-corrected chi connectivity index (χ4v) is 1.87. The van der Waals surface area contributed by atoms with Crippen molar-refractivity contribution in [2.45, 2.75) is 25.8 Å². The van der Waals surface area contributed by atoms with Gasteiger partial charge in [-0.2, -0.15) is 0 Å². The summed E-state index contributed by atoms with van der Waals surface area (Å²) >= 11 is 0. The first-order valence-electron chi connectivity index (χ1n) is 6.27. The molecule has 1 aromatic carbocycles. The third-order valence-corrected chi connectivity index (χ3v) is 2.94. The van der Waals surface area contributed by atoms with Crippen LogP contribution in [0.3, 0.4) is 0 Å². The highest BCUT2D eigenvalue weighted by Gasteiger charge is 2.26. The van der Waals surface area contributed by atoms with Crippen molar-refractivity contribution in [3.8, 4) is 0 Å². The summed E-state index contributed by atoms with van der Waals surface area (Å²) in [4.78, 5) is 33.6. The lowest BCUT2D eigenvalue weighted by Crippen LogP contribution is -2.41. The minimum absolute atomic E-state index is 0.118. The summed E-state index contributed by atoms with van der Waals surface area (Å²) in [6.45, 7) is 5.04. The van der Waals surface area contributed by atoms with Crippen molar-refractivity contribution in [2.75, 3.05) is 0 Å². The Kier molecular flexibility index (Phi) is 5.59. The lowest BCUT2D eigenvalue weighted by molar-refractivity contribution is -0.385. The SMILES string of the molecule is C=CCCC(NC(=O)c1c(C)cccc1[N+](=O)[O-])C(=O)O. The second-order valence-corrected chi connectivity index (χ2v) is 4.46. The lowest BCUT2D eigenvalue weighted by atomic mass is 10.0. The number of rotatable bonds is 7. The molecule has 0 radical (unpaired) electrons. The van der Waals surface area contributed by atoms with Crippen molar-refractivity contribution in [3.63, 3.8) is 0 Å². The number of carbonyl (C=O) groups excluding carboxylic acids is 1. The van der Waals surface area contributed by atoms with Gasteiger partial charge in [-0.1, -0.05) is 18.2 Å². The van der Waals surface area contributed by atoms with Gasteiger partial charge in [0.05, 0.1) is 4.92 Å². The predicted molar refractivity (Wildman–Crippen MR) is 76.2 cm³/mol. The molecule has 0 aromatic heterocycles. The second kappa shape index (κ2) is 7.18. The molecule has 7 nitrogen and oxygen atoms in total. The first kappa shape index (κ1) is 16.4. The number of benzene rings is 1. The molecule has 1 amide bonds. The number of nitro groups is 1. The van der Waals surface area contributed by atoms with E-state index in [1.54, 1.807) is 13.0 Å². The van der Waals surface area contributed by atoms with Crippen LogP contribution >= 0.6 is 0 Å². The summed E-state index contributed by atoms with van der Waals surface area (Å²) in [5.74, 6) is -1.96. The summed E-state index contributed by atoms with van der Waals surface area (Å²) in [6.07, 6.45) is 2.12. The molecule has 1 unspecified atom stereocenters. The second-order valence-electron chi connectivity index (χ2n) is 4.46. The molecule has 7 heteroatoms. The summed E-state index contributed by atoms with van der Waals surface area (Å²) in [7, 11) is 0. The van der Waals surface area contributed by atoms with Crippen molar-refractivity contribution in [3.05, 3.63) is 52.1 Å². The van der Waals surface area contributed by atoms with Gasteiger partial charge in [0.2, 0.25) is 0 Å². The van der Waals surface area contributed by atoms with Gasteiger partial charge in [-0.15, -0.1) is 6.58 Å². The highest BCUT2D eigenvalue weighted by molar-refractivity contribution is 6.01. The number of aryl methyl sites for hydroxylation is 1. The number of nitro benzene ring substituents is 1. The zero-order valence-corrected chi connectivity index (χ0v) is 11.5. The molecular weight excluding hydrogens is 276 g/mol. The van der Waals surface area contributed by atoms with Gasteiger partial charge < -0.3 is 10.4 Å². The highest BCUT2D eigenvalue weighted by Crippen LogP contribution is 2.22. The van der Waals surface area contributed by atoms with Crippen molar-refractivity contribution < 1.29 is 19.6 Å². The monoisotopic (exact) mass is 292 g/mol. The molecule has 1 atom stereocenters. The Bertz CT molecular complexity index is 583. The minimum Gasteiger partial charge on any atom is -0.480 e. The zero-order valence-electron chi connectivity index (χ0n) is 11.5. The van der Waals surface area contributed by atoms with E-state index in [9.17, 15) is 19.7 Å². The Hall–Kier alpha value is -2.70. The van der Waals surface area contributed by atoms with Crippen LogP contribution in [0.25, 0.3) is 0 Å². The highest BCUT2D eigenvalue weighted by atomic mass is 16.6. The smallest absolute Gasteiger partial charge is 0.326 e. The van der Waals surface area contributed by atoms with E-state index in [0.29, 0.717) is 12.0 Å². The van der Waals surface area contributed by atoms with Crippen LogP contribution in [0.15, 0.2) is 30.9 Å². The topological polar surface area (TPSA) is 110 Å². The first-order valence-corrected chi connectivity index (χ1v) is 6.27. The fourth-order valence-electron chi connectivity index (χ4n) is 1.87. The van der Waals surface area contributed by atoms with Gasteiger partial charge in [0, 0.05) is 6.07 Å². The van der Waals surface area contributed by atoms with Crippen molar-refractivity contribution in [1.29, 1.82) is 0 Å². The molecule has 2 N–H and O–H groups in total. The standard InChI is InChI=1S/C14H16N2O5/c1-3-4-7-10(14(18)19)15-13(17)12-9(2)6-5-8-11(12)16(20)21/h3,5-6,8,10H,1,4,7H2,2H3,(H,15,17)(H,18,19). The Morgan fingerprint density at radius 2 is 2.19 bits per heavy atom. The zero-order chi connectivity index (χ0) is 16.0. The maximum atomic E-state index is 12.2. The van der Waals surface area contributed by atoms with Gasteiger partial charge in [0.1, 0.15) is 11.6 Å². The maximum Gasteiger partial charge on any atom is 0.326 e. The van der Waals surface area contributed by atoms with Crippen LogP contribution in [-0.2, 0) is 4.79 Å². The molecule has 0 spiro atoms. The van der Waals surface area contributed by atoms with Crippen molar-refractivity contribution in [2.24, 2.45) is 0 Å². The molecule has 0 heterocycles. The molecule has 0 fully saturated rings. The lowest BCUT2D eigenvalue weighted by Gasteiger charge is -2.14. The Morgan fingerprint density at radius 1 is 1.52 bits per heavy atom. The van der Waals surface area contributed by atoms with Crippen LogP contribution in [0.1, 0.15) is 28.8 Å². The number of hydrogen-bond acceptors (Lipinski definition) is 4. The molecule has 1 aromatic rings. The van der Waals surface area contributed by atoms with Gasteiger partial charge >= 0.3 is 5.97 Å². The summed E-state index contributed by atoms with van der Waals surface area (Å²) in [5, 5.41) is 22.3. The van der Waals surface area contributed by atoms with E-state index < -0.39 is 22.8 Å². The van der Waals surface area contributed by atoms with Crippen molar-refractivity contribution >= 4 is 17.6 Å². The quantitative estimate of drug-likeness (QED) is 0.454. The molecule has 112 valence electrons. The number of allylic oxidation sites excluding steroid dienone is 1. The number of carboxylic acid groups (broad SMARTS) is 1. The minimum atomic E-state index is -1.19. The van der Waals surface area contributed by atoms with E-state index in [0.717, 1.165) is 0 Å². The number of hydrogen-bond donors (Lipinski definition) is 2. The number of amides is 1. The predicted octanol–water partition coefficient (Wildman–Crippen LogP) is 2.05. The van der Waals surface area contributed by atoms with Crippen LogP contribution in [0.5, 0.6) is 0 Å². The molecule has 0 aliphatic carbocycles. The molecule has 0 aliphatic rings. The van der Waals surface area contributed by atoms with E-state index in [4.69, 9.17) is 5.11 Å². The van der Waals surface area contributed by atoms with E-state index in [1.165, 1.54) is 18.2 Å². The van der Waals surface area contributed by atoms with Crippen LogP contribution < -0.4 is 5.32 Å². The number of carbonyl (C=O) groups is 2. The maximum absolute atomic E-state index is 12.2. The molecule has 0 saturated carbocycles. The summed E-state index contributed by atoms with van der Waals surface area (Å²) in [6, 6.07) is 3.12. The van der Waals surface area contributed by atoms with Crippen LogP contribution in [0.2, 0.25) is 0 Å². The average Bonchev–Trinajstić information content (AvgIpc) is 2.42. The number of nitrogens with one attached hydrogen (secondary N) is 1. The molecule has 0 bridgehead atoms. The van der Waals surface area contributed by atoms with Gasteiger partial charge in [0.15, 0.2) is 0 Å². The van der Waals surface area contributed by atoms with Crippen LogP contribution in [-0.4, -0.2) is 27.9 Å². The van der Waals surface area contributed by atoms with E-state index >= 15 is 0 Å². The number of carboxylic acids is 1. The van der Waals surface area contributed by atoms with Gasteiger partial charge in [0.25, 0.3) is 11.6 Å². The van der Waals surface area contributed by atoms with Crippen LogP contribution in [0, 0.1) is 17.0 Å². The third kappa shape index (κ3) is 4.13. The van der Waals surface area contributed by atoms with E-state index in [2.05, 4.69) is 11.9 Å². The Morgan fingerprint density at radius 3 is 2.71 bits per heavy atom. The molecule has 21 heavy (non-hydrogen) atoms.